The molecule has 78 valence electrons. The van der Waals surface area contributed by atoms with Crippen LogP contribution in [0.25, 0.3) is 0 Å². The molecule has 1 heterocycles. The Balaban J connectivity index is 1.62. The second kappa shape index (κ2) is 4.94. The Hall–Kier alpha value is -0.340. The van der Waals surface area contributed by atoms with E-state index in [0.29, 0.717) is 5.92 Å². The van der Waals surface area contributed by atoms with Gasteiger partial charge in [0.15, 0.2) is 0 Å². The first-order valence-corrected chi connectivity index (χ1v) is 6.44. The molecule has 0 bridgehead atoms. The fourth-order valence-corrected chi connectivity index (χ4v) is 2.75. The van der Waals surface area contributed by atoms with Crippen LogP contribution in [0.4, 0.5) is 0 Å². The highest BCUT2D eigenvalue weighted by Crippen LogP contribution is 2.31. The smallest absolute Gasteiger partial charge is 0.0568 e. The number of aliphatic hydroxyl groups excluding tert-OH is 1. The maximum atomic E-state index is 9.80. The lowest BCUT2D eigenvalue weighted by atomic mass is 9.79. The van der Waals surface area contributed by atoms with Crippen molar-refractivity contribution in [3.63, 3.8) is 0 Å². The highest BCUT2D eigenvalue weighted by molar-refractivity contribution is 7.09. The van der Waals surface area contributed by atoms with Crippen LogP contribution >= 0.6 is 11.3 Å². The summed E-state index contributed by atoms with van der Waals surface area (Å²) in [5, 5.41) is 11.9. The van der Waals surface area contributed by atoms with Gasteiger partial charge in [-0.05, 0) is 49.5 Å². The van der Waals surface area contributed by atoms with Crippen molar-refractivity contribution in [2.45, 2.75) is 44.6 Å². The molecule has 1 atom stereocenters. The van der Waals surface area contributed by atoms with Crippen LogP contribution in [0.1, 0.15) is 37.0 Å². The fraction of sp³-hybridized carbons (Fsp3) is 0.667. The van der Waals surface area contributed by atoms with Crippen molar-refractivity contribution < 1.29 is 5.11 Å². The van der Waals surface area contributed by atoms with Gasteiger partial charge in [-0.15, -0.1) is 11.3 Å². The molecule has 1 unspecified atom stereocenters. The van der Waals surface area contributed by atoms with Gasteiger partial charge in [-0.2, -0.15) is 0 Å². The largest absolute Gasteiger partial charge is 0.393 e. The summed E-state index contributed by atoms with van der Waals surface area (Å²) in [4.78, 5) is 1.45. The summed E-state index contributed by atoms with van der Waals surface area (Å²) in [6, 6.07) is 4.28. The molecule has 0 spiro atoms. The highest BCUT2D eigenvalue weighted by Gasteiger charge is 2.24. The molecule has 1 saturated carbocycles. The van der Waals surface area contributed by atoms with Crippen molar-refractivity contribution in [3.05, 3.63) is 22.4 Å². The van der Waals surface area contributed by atoms with Gasteiger partial charge in [0.25, 0.3) is 0 Å². The summed E-state index contributed by atoms with van der Waals surface area (Å²) >= 11 is 1.82. The molecular weight excluding hydrogens is 192 g/mol. The Morgan fingerprint density at radius 3 is 2.93 bits per heavy atom. The third kappa shape index (κ3) is 2.58. The first kappa shape index (κ1) is 10.2. The van der Waals surface area contributed by atoms with E-state index in [1.807, 2.05) is 11.3 Å². The van der Waals surface area contributed by atoms with E-state index < -0.39 is 0 Å². The molecule has 1 aliphatic carbocycles. The lowest BCUT2D eigenvalue weighted by Crippen LogP contribution is -2.26. The summed E-state index contributed by atoms with van der Waals surface area (Å²) in [6.07, 6.45) is 7.07. The molecule has 2 rings (SSSR count). The van der Waals surface area contributed by atoms with Gasteiger partial charge in [-0.25, -0.2) is 0 Å². The van der Waals surface area contributed by atoms with Crippen LogP contribution in [0.3, 0.4) is 0 Å². The Labute approximate surface area is 89.8 Å². The van der Waals surface area contributed by atoms with E-state index in [1.165, 1.54) is 24.1 Å². The maximum absolute atomic E-state index is 9.80. The predicted molar refractivity (Wildman–Crippen MR) is 60.6 cm³/mol. The summed E-state index contributed by atoms with van der Waals surface area (Å²) < 4.78 is 0. The van der Waals surface area contributed by atoms with Crippen LogP contribution in [-0.4, -0.2) is 11.2 Å². The number of aliphatic hydroxyl groups is 1. The van der Waals surface area contributed by atoms with Crippen molar-refractivity contribution >= 4 is 11.3 Å². The summed E-state index contributed by atoms with van der Waals surface area (Å²) in [5.74, 6) is 0.623. The molecule has 0 saturated heterocycles. The molecule has 0 amide bonds. The van der Waals surface area contributed by atoms with Crippen LogP contribution in [0.5, 0.6) is 0 Å². The van der Waals surface area contributed by atoms with Gasteiger partial charge in [-0.1, -0.05) is 12.5 Å². The molecular formula is C12H18OS. The standard InChI is InChI=1S/C12H18OS/c13-12(10-4-1-5-10)8-2-6-11-7-3-9-14-11/h3,7,9-10,12-13H,1-2,4-6,8H2. The molecule has 1 nitrogen and oxygen atoms in total. The SMILES string of the molecule is OC(CCCc1cccs1)C1CCC1. The molecule has 0 aromatic carbocycles. The molecule has 1 N–H and O–H groups in total. The van der Waals surface area contributed by atoms with E-state index in [-0.39, 0.29) is 6.10 Å². The van der Waals surface area contributed by atoms with Crippen LogP contribution in [-0.2, 0) is 6.42 Å². The third-order valence-corrected chi connectivity index (χ3v) is 4.13. The normalized spacial score (nSPS) is 19.2. The Morgan fingerprint density at radius 2 is 2.36 bits per heavy atom. The minimum Gasteiger partial charge on any atom is -0.393 e. The van der Waals surface area contributed by atoms with E-state index in [0.717, 1.165) is 19.3 Å². The Morgan fingerprint density at radius 1 is 1.50 bits per heavy atom. The number of rotatable bonds is 5. The van der Waals surface area contributed by atoms with Crippen molar-refractivity contribution in [2.24, 2.45) is 5.92 Å². The average Bonchev–Trinajstić information content (AvgIpc) is 2.53. The average molecular weight is 210 g/mol. The molecule has 2 heteroatoms. The van der Waals surface area contributed by atoms with E-state index >= 15 is 0 Å². The summed E-state index contributed by atoms with van der Waals surface area (Å²) in [6.45, 7) is 0. The third-order valence-electron chi connectivity index (χ3n) is 3.20. The second-order valence-corrected chi connectivity index (χ2v) is 5.26. The lowest BCUT2D eigenvalue weighted by molar-refractivity contribution is 0.0543. The monoisotopic (exact) mass is 210 g/mol. The first-order valence-electron chi connectivity index (χ1n) is 5.56. The van der Waals surface area contributed by atoms with Gasteiger partial charge >= 0.3 is 0 Å². The molecule has 1 aliphatic rings. The highest BCUT2D eigenvalue weighted by atomic mass is 32.1. The van der Waals surface area contributed by atoms with Crippen LogP contribution in [0.15, 0.2) is 17.5 Å². The van der Waals surface area contributed by atoms with E-state index in [4.69, 9.17) is 0 Å². The van der Waals surface area contributed by atoms with Crippen LogP contribution < -0.4 is 0 Å². The maximum Gasteiger partial charge on any atom is 0.0568 e. The zero-order valence-corrected chi connectivity index (χ0v) is 9.30. The van der Waals surface area contributed by atoms with Crippen molar-refractivity contribution in [3.8, 4) is 0 Å². The van der Waals surface area contributed by atoms with Crippen molar-refractivity contribution in [2.75, 3.05) is 0 Å². The lowest BCUT2D eigenvalue weighted by Gasteiger charge is -2.30. The number of thiophene rings is 1. The summed E-state index contributed by atoms with van der Waals surface area (Å²) in [7, 11) is 0. The predicted octanol–water partition coefficient (Wildman–Crippen LogP) is 3.23. The van der Waals surface area contributed by atoms with Gasteiger partial charge < -0.3 is 5.11 Å². The van der Waals surface area contributed by atoms with Crippen molar-refractivity contribution in [1.82, 2.24) is 0 Å². The van der Waals surface area contributed by atoms with E-state index in [2.05, 4.69) is 17.5 Å². The first-order chi connectivity index (χ1) is 6.86. The quantitative estimate of drug-likeness (QED) is 0.791. The topological polar surface area (TPSA) is 20.2 Å². The molecule has 1 aromatic heterocycles. The van der Waals surface area contributed by atoms with Crippen LogP contribution in [0.2, 0.25) is 0 Å². The zero-order chi connectivity index (χ0) is 9.80. The van der Waals surface area contributed by atoms with Crippen LogP contribution in [0, 0.1) is 5.92 Å². The van der Waals surface area contributed by atoms with Crippen molar-refractivity contribution in [1.29, 1.82) is 0 Å². The van der Waals surface area contributed by atoms with Gasteiger partial charge in [-0.3, -0.25) is 0 Å². The Kier molecular flexibility index (Phi) is 3.60. The minimum absolute atomic E-state index is 0.0243. The molecule has 0 aliphatic heterocycles. The second-order valence-electron chi connectivity index (χ2n) is 4.23. The minimum atomic E-state index is -0.0243. The molecule has 0 radical (unpaired) electrons. The molecule has 14 heavy (non-hydrogen) atoms. The molecule has 1 aromatic rings. The van der Waals surface area contributed by atoms with E-state index in [9.17, 15) is 5.11 Å². The van der Waals surface area contributed by atoms with E-state index in [1.54, 1.807) is 0 Å². The zero-order valence-electron chi connectivity index (χ0n) is 8.48. The molecule has 1 fully saturated rings. The number of hydrogen-bond donors (Lipinski definition) is 1. The van der Waals surface area contributed by atoms with Gasteiger partial charge in [0, 0.05) is 4.88 Å². The van der Waals surface area contributed by atoms with Gasteiger partial charge in [0.1, 0.15) is 0 Å². The summed E-state index contributed by atoms with van der Waals surface area (Å²) in [5.41, 5.74) is 0. The Bertz CT molecular complexity index is 251. The number of aryl methyl sites for hydroxylation is 1. The number of hydrogen-bond acceptors (Lipinski definition) is 2. The fourth-order valence-electron chi connectivity index (χ4n) is 2.00. The van der Waals surface area contributed by atoms with Gasteiger partial charge in [0.05, 0.1) is 6.10 Å². The van der Waals surface area contributed by atoms with Gasteiger partial charge in [0.2, 0.25) is 0 Å².